The molecule has 1 heterocycles. The van der Waals surface area contributed by atoms with Gasteiger partial charge in [-0.05, 0) is 36.3 Å². The monoisotopic (exact) mass is 457 g/mol. The van der Waals surface area contributed by atoms with Crippen molar-refractivity contribution in [2.75, 3.05) is 13.7 Å². The summed E-state index contributed by atoms with van der Waals surface area (Å²) in [6, 6.07) is 6.26. The molecule has 2 N–H and O–H groups in total. The molecule has 0 saturated carbocycles. The molecule has 1 unspecified atom stereocenters. The predicted octanol–water partition coefficient (Wildman–Crippen LogP) is 3.35. The first-order chi connectivity index (χ1) is 15.4. The molecule has 182 valence electrons. The number of hydrogen-bond acceptors (Lipinski definition) is 5. The molecule has 0 aliphatic carbocycles. The van der Waals surface area contributed by atoms with Crippen LogP contribution in [-0.4, -0.2) is 48.4 Å². The second-order valence-corrected chi connectivity index (χ2v) is 10.1. The molecule has 1 aromatic rings. The van der Waals surface area contributed by atoms with E-state index in [1.54, 1.807) is 31.9 Å². The Morgan fingerprint density at radius 2 is 1.88 bits per heavy atom. The number of nitrogens with zero attached hydrogens (tertiary/aromatic N) is 1. The zero-order chi connectivity index (χ0) is 24.9. The van der Waals surface area contributed by atoms with Gasteiger partial charge in [0.15, 0.2) is 0 Å². The summed E-state index contributed by atoms with van der Waals surface area (Å²) < 4.78 is 5.09. The van der Waals surface area contributed by atoms with Crippen LogP contribution in [0.3, 0.4) is 0 Å². The third-order valence-corrected chi connectivity index (χ3v) is 6.02. The quantitative estimate of drug-likeness (QED) is 0.462. The van der Waals surface area contributed by atoms with Gasteiger partial charge in [-0.1, -0.05) is 65.0 Å². The highest BCUT2D eigenvalue weighted by atomic mass is 16.5. The molecule has 0 spiro atoms. The zero-order valence-corrected chi connectivity index (χ0v) is 21.2. The van der Waals surface area contributed by atoms with Crippen LogP contribution in [0.4, 0.5) is 0 Å². The number of ether oxygens (including phenoxy) is 1. The van der Waals surface area contributed by atoms with Crippen LogP contribution in [0.25, 0.3) is 0 Å². The van der Waals surface area contributed by atoms with Crippen LogP contribution in [0.15, 0.2) is 35.9 Å². The second kappa shape index (κ2) is 11.0. The van der Waals surface area contributed by atoms with Gasteiger partial charge in [-0.3, -0.25) is 14.9 Å². The van der Waals surface area contributed by atoms with Gasteiger partial charge in [0.25, 0.3) is 0 Å². The van der Waals surface area contributed by atoms with Crippen LogP contribution < -0.4 is 10.6 Å². The number of rotatable bonds is 8. The Morgan fingerprint density at radius 3 is 2.45 bits per heavy atom. The van der Waals surface area contributed by atoms with E-state index >= 15 is 0 Å². The van der Waals surface area contributed by atoms with Crippen LogP contribution in [0.5, 0.6) is 0 Å². The highest BCUT2D eigenvalue weighted by Crippen LogP contribution is 2.28. The summed E-state index contributed by atoms with van der Waals surface area (Å²) in [4.78, 5) is 40.6. The molecule has 0 fully saturated rings. The van der Waals surface area contributed by atoms with Gasteiger partial charge < -0.3 is 15.0 Å². The highest BCUT2D eigenvalue weighted by Gasteiger charge is 2.39. The van der Waals surface area contributed by atoms with Crippen molar-refractivity contribution in [3.05, 3.63) is 47.0 Å². The van der Waals surface area contributed by atoms with E-state index in [1.165, 1.54) is 0 Å². The van der Waals surface area contributed by atoms with Crippen LogP contribution >= 0.6 is 0 Å². The highest BCUT2D eigenvalue weighted by molar-refractivity contribution is 5.92. The molecule has 33 heavy (non-hydrogen) atoms. The normalized spacial score (nSPS) is 17.8. The molecule has 3 atom stereocenters. The van der Waals surface area contributed by atoms with Crippen molar-refractivity contribution in [3.8, 4) is 0 Å². The number of fused-ring (bicyclic) bond motifs is 1. The van der Waals surface area contributed by atoms with Crippen molar-refractivity contribution in [2.24, 2.45) is 11.3 Å². The van der Waals surface area contributed by atoms with Crippen LogP contribution in [0.1, 0.15) is 65.6 Å². The smallest absolute Gasteiger partial charge is 0.333 e. The summed E-state index contributed by atoms with van der Waals surface area (Å²) >= 11 is 0. The zero-order valence-electron chi connectivity index (χ0n) is 21.2. The Morgan fingerprint density at radius 1 is 1.24 bits per heavy atom. The molecule has 1 aliphatic rings. The average Bonchev–Trinajstić information content (AvgIpc) is 3.18. The summed E-state index contributed by atoms with van der Waals surface area (Å²) in [6.45, 7) is 14.2. The van der Waals surface area contributed by atoms with Gasteiger partial charge in [0, 0.05) is 19.2 Å². The van der Waals surface area contributed by atoms with E-state index in [-0.39, 0.29) is 23.8 Å². The molecular weight excluding hydrogens is 418 g/mol. The van der Waals surface area contributed by atoms with Gasteiger partial charge in [0.05, 0.1) is 12.6 Å². The summed E-state index contributed by atoms with van der Waals surface area (Å²) in [5.41, 5.74) is 1.98. The molecule has 0 bridgehead atoms. The number of carbonyl (C=O) groups excluding carboxylic acids is 3. The average molecular weight is 458 g/mol. The maximum atomic E-state index is 13.7. The van der Waals surface area contributed by atoms with E-state index in [0.717, 1.165) is 11.1 Å². The SMILES string of the molecule is CCOC(=O)C(C)=C[C@H](C(C)C)N(C)C(=O)[C@@H](NC(=O)C1NCc2ccccc21)C(C)(C)C. The molecule has 2 rings (SSSR count). The molecule has 7 nitrogen and oxygen atoms in total. The van der Waals surface area contributed by atoms with Crippen molar-refractivity contribution in [2.45, 2.75) is 73.1 Å². The number of carbonyl (C=O) groups is 3. The van der Waals surface area contributed by atoms with Crippen LogP contribution in [0, 0.1) is 11.3 Å². The third-order valence-electron chi connectivity index (χ3n) is 6.02. The maximum Gasteiger partial charge on any atom is 0.333 e. The van der Waals surface area contributed by atoms with Gasteiger partial charge in [-0.25, -0.2) is 4.79 Å². The summed E-state index contributed by atoms with van der Waals surface area (Å²) in [6.07, 6.45) is 1.77. The van der Waals surface area contributed by atoms with Crippen LogP contribution in [0.2, 0.25) is 0 Å². The van der Waals surface area contributed by atoms with E-state index in [0.29, 0.717) is 18.7 Å². The van der Waals surface area contributed by atoms with Crippen molar-refractivity contribution < 1.29 is 19.1 Å². The lowest BCUT2D eigenvalue weighted by Crippen LogP contribution is -2.57. The Labute approximate surface area is 197 Å². The minimum absolute atomic E-state index is 0.0584. The van der Waals surface area contributed by atoms with Gasteiger partial charge in [0.1, 0.15) is 12.1 Å². The van der Waals surface area contributed by atoms with E-state index < -0.39 is 23.5 Å². The fourth-order valence-corrected chi connectivity index (χ4v) is 4.08. The summed E-state index contributed by atoms with van der Waals surface area (Å²) in [5, 5.41) is 6.25. The summed E-state index contributed by atoms with van der Waals surface area (Å²) in [7, 11) is 1.72. The first kappa shape index (κ1) is 26.6. The lowest BCUT2D eigenvalue weighted by atomic mass is 9.84. The number of likely N-dealkylation sites (N-methyl/N-ethyl adjacent to an activating group) is 1. The van der Waals surface area contributed by atoms with Gasteiger partial charge in [-0.2, -0.15) is 0 Å². The Balaban J connectivity index is 2.26. The standard InChI is InChI=1S/C26H39N3O4/c1-9-33-25(32)17(4)14-20(16(2)3)29(8)24(31)22(26(5,6)7)28-23(30)21-19-13-11-10-12-18(19)15-27-21/h10-14,16,20-22,27H,9,15H2,1-8H3,(H,28,30)/t20-,21?,22-/m1/s1. The molecule has 2 amide bonds. The first-order valence-electron chi connectivity index (χ1n) is 11.6. The summed E-state index contributed by atoms with van der Waals surface area (Å²) in [5.74, 6) is -0.756. The first-order valence-corrected chi connectivity index (χ1v) is 11.6. The minimum Gasteiger partial charge on any atom is -0.463 e. The number of amides is 2. The molecule has 7 heteroatoms. The van der Waals surface area contributed by atoms with E-state index in [4.69, 9.17) is 4.74 Å². The van der Waals surface area contributed by atoms with E-state index in [9.17, 15) is 14.4 Å². The Hall–Kier alpha value is -2.67. The number of nitrogens with one attached hydrogen (secondary N) is 2. The number of hydrogen-bond donors (Lipinski definition) is 2. The second-order valence-electron chi connectivity index (χ2n) is 10.1. The maximum absolute atomic E-state index is 13.7. The third kappa shape index (κ3) is 6.44. The molecule has 0 aromatic heterocycles. The van der Waals surface area contributed by atoms with Crippen molar-refractivity contribution in [1.29, 1.82) is 0 Å². The van der Waals surface area contributed by atoms with Crippen molar-refractivity contribution in [1.82, 2.24) is 15.5 Å². The Kier molecular flexibility index (Phi) is 8.83. The van der Waals surface area contributed by atoms with Crippen molar-refractivity contribution in [3.63, 3.8) is 0 Å². The van der Waals surface area contributed by atoms with Gasteiger partial charge in [-0.15, -0.1) is 0 Å². The topological polar surface area (TPSA) is 87.7 Å². The molecule has 1 aromatic carbocycles. The molecule has 0 saturated heterocycles. The molecule has 0 radical (unpaired) electrons. The van der Waals surface area contributed by atoms with Gasteiger partial charge in [0.2, 0.25) is 11.8 Å². The predicted molar refractivity (Wildman–Crippen MR) is 129 cm³/mol. The lowest BCUT2D eigenvalue weighted by Gasteiger charge is -2.38. The van der Waals surface area contributed by atoms with E-state index in [2.05, 4.69) is 10.6 Å². The lowest BCUT2D eigenvalue weighted by molar-refractivity contribution is -0.141. The van der Waals surface area contributed by atoms with Gasteiger partial charge >= 0.3 is 5.97 Å². The van der Waals surface area contributed by atoms with Crippen molar-refractivity contribution >= 4 is 17.8 Å². The molecular formula is C26H39N3O4. The fraction of sp³-hybridized carbons (Fsp3) is 0.577. The molecule has 1 aliphatic heterocycles. The fourth-order valence-electron chi connectivity index (χ4n) is 4.08. The largest absolute Gasteiger partial charge is 0.463 e. The number of benzene rings is 1. The number of esters is 1. The van der Waals surface area contributed by atoms with Crippen LogP contribution in [-0.2, 0) is 25.7 Å². The minimum atomic E-state index is -0.734. The van der Waals surface area contributed by atoms with E-state index in [1.807, 2.05) is 58.9 Å². The Bertz CT molecular complexity index is 901.